The molecule has 2 unspecified atom stereocenters. The van der Waals surface area contributed by atoms with E-state index in [9.17, 15) is 8.42 Å². The standard InChI is InChI=1S/C23H22FN5O3S2/c1-22(12-34(30,31)23(2,21(25)28-22)18-8-3-4-9-26-18)19-16(24)11-17(33-19)14-6-5-7-15(10-14)20-29-27-13-32-20/h3-11,13,16,19H,12H2,1-2H3,(H2,25,28)/t16?,19?,22-,23-/m0/s1. The number of amidine groups is 1. The zero-order valence-corrected chi connectivity index (χ0v) is 20.1. The van der Waals surface area contributed by atoms with E-state index in [1.165, 1.54) is 37.4 Å². The van der Waals surface area contributed by atoms with Crippen molar-refractivity contribution in [1.29, 1.82) is 0 Å². The molecule has 0 bridgehead atoms. The largest absolute Gasteiger partial charge is 0.423 e. The van der Waals surface area contributed by atoms with E-state index >= 15 is 4.39 Å². The van der Waals surface area contributed by atoms with Crippen molar-refractivity contribution in [2.24, 2.45) is 10.7 Å². The van der Waals surface area contributed by atoms with Crippen molar-refractivity contribution in [2.45, 2.75) is 35.6 Å². The highest BCUT2D eigenvalue weighted by atomic mass is 32.2. The maximum Gasteiger partial charge on any atom is 0.247 e. The maximum absolute atomic E-state index is 15.4. The Bertz CT molecular complexity index is 1390. The molecule has 1 aromatic carbocycles. The molecule has 2 aliphatic rings. The normalized spacial score (nSPS) is 30.6. The summed E-state index contributed by atoms with van der Waals surface area (Å²) in [4.78, 5) is 9.51. The Hall–Kier alpha value is -3.05. The first-order valence-corrected chi connectivity index (χ1v) is 13.1. The lowest BCUT2D eigenvalue weighted by Gasteiger charge is -2.42. The van der Waals surface area contributed by atoms with Gasteiger partial charge < -0.3 is 10.2 Å². The second-order valence-electron chi connectivity index (χ2n) is 8.70. The number of aromatic nitrogens is 3. The Kier molecular flexibility index (Phi) is 5.36. The molecule has 34 heavy (non-hydrogen) atoms. The molecule has 0 saturated heterocycles. The van der Waals surface area contributed by atoms with E-state index in [1.807, 2.05) is 24.3 Å². The number of pyridine rings is 1. The fourth-order valence-electron chi connectivity index (χ4n) is 4.40. The van der Waals surface area contributed by atoms with Gasteiger partial charge in [-0.1, -0.05) is 18.2 Å². The number of halogens is 1. The van der Waals surface area contributed by atoms with Crippen molar-refractivity contribution in [3.8, 4) is 11.5 Å². The van der Waals surface area contributed by atoms with Crippen LogP contribution in [0.1, 0.15) is 25.1 Å². The molecule has 4 heterocycles. The van der Waals surface area contributed by atoms with Crippen LogP contribution in [-0.2, 0) is 14.6 Å². The van der Waals surface area contributed by atoms with Crippen LogP contribution in [-0.4, -0.2) is 52.1 Å². The van der Waals surface area contributed by atoms with Crippen LogP contribution in [0.3, 0.4) is 0 Å². The zero-order valence-electron chi connectivity index (χ0n) is 18.4. The number of hydrogen-bond donors (Lipinski definition) is 1. The van der Waals surface area contributed by atoms with E-state index < -0.39 is 31.5 Å². The van der Waals surface area contributed by atoms with Crippen LogP contribution < -0.4 is 5.73 Å². The second-order valence-corrected chi connectivity index (χ2v) is 12.2. The quantitative estimate of drug-likeness (QED) is 0.579. The number of aliphatic imine (C=N–C) groups is 1. The first-order valence-electron chi connectivity index (χ1n) is 10.5. The molecule has 0 fully saturated rings. The summed E-state index contributed by atoms with van der Waals surface area (Å²) >= 11 is 1.26. The van der Waals surface area contributed by atoms with E-state index in [4.69, 9.17) is 10.2 Å². The molecule has 11 heteroatoms. The molecule has 0 aliphatic carbocycles. The molecule has 0 saturated carbocycles. The molecule has 0 radical (unpaired) electrons. The SMILES string of the molecule is C[C@@]1(C2SC(c3cccc(-c4nnco4)c3)=CC2F)CS(=O)(=O)[C@@](C)(c2ccccn2)C(N)=N1. The minimum atomic E-state index is -3.86. The van der Waals surface area contributed by atoms with Crippen molar-refractivity contribution >= 4 is 32.3 Å². The van der Waals surface area contributed by atoms with E-state index in [0.29, 0.717) is 22.1 Å². The summed E-state index contributed by atoms with van der Waals surface area (Å²) in [7, 11) is -3.86. The number of nitrogens with two attached hydrogens (primary N) is 1. The highest BCUT2D eigenvalue weighted by Gasteiger charge is 2.57. The Morgan fingerprint density at radius 2 is 1.97 bits per heavy atom. The molecule has 0 amide bonds. The molecule has 176 valence electrons. The van der Waals surface area contributed by atoms with Gasteiger partial charge >= 0.3 is 0 Å². The van der Waals surface area contributed by atoms with Gasteiger partial charge in [-0.25, -0.2) is 12.8 Å². The van der Waals surface area contributed by atoms with Gasteiger partial charge in [-0.15, -0.1) is 22.0 Å². The highest BCUT2D eigenvalue weighted by Crippen LogP contribution is 2.49. The predicted octanol–water partition coefficient (Wildman–Crippen LogP) is 3.39. The van der Waals surface area contributed by atoms with E-state index in [2.05, 4.69) is 20.2 Å². The van der Waals surface area contributed by atoms with Gasteiger partial charge in [0.25, 0.3) is 0 Å². The minimum absolute atomic E-state index is 0.0837. The van der Waals surface area contributed by atoms with Crippen LogP contribution in [0.4, 0.5) is 4.39 Å². The Labute approximate surface area is 200 Å². The molecule has 2 N–H and O–H groups in total. The molecule has 5 rings (SSSR count). The molecule has 2 aliphatic heterocycles. The van der Waals surface area contributed by atoms with Crippen molar-refractivity contribution in [3.05, 3.63) is 72.4 Å². The Morgan fingerprint density at radius 3 is 2.65 bits per heavy atom. The number of rotatable bonds is 4. The van der Waals surface area contributed by atoms with Crippen LogP contribution in [0.5, 0.6) is 0 Å². The van der Waals surface area contributed by atoms with Gasteiger partial charge in [-0.05, 0) is 49.8 Å². The first-order chi connectivity index (χ1) is 16.1. The number of thioether (sulfide) groups is 1. The second kappa shape index (κ2) is 8.02. The molecule has 3 aromatic rings. The van der Waals surface area contributed by atoms with Crippen LogP contribution in [0, 0.1) is 0 Å². The van der Waals surface area contributed by atoms with E-state index in [0.717, 1.165) is 5.56 Å². The molecule has 0 spiro atoms. The highest BCUT2D eigenvalue weighted by molar-refractivity contribution is 8.09. The third-order valence-electron chi connectivity index (χ3n) is 6.34. The number of alkyl halides is 1. The number of allylic oxidation sites excluding steroid dienone is 1. The summed E-state index contributed by atoms with van der Waals surface area (Å²) in [5.41, 5.74) is 6.80. The summed E-state index contributed by atoms with van der Waals surface area (Å²) in [6.45, 7) is 3.15. The van der Waals surface area contributed by atoms with Crippen LogP contribution in [0.25, 0.3) is 16.4 Å². The minimum Gasteiger partial charge on any atom is -0.423 e. The summed E-state index contributed by atoms with van der Waals surface area (Å²) in [6, 6.07) is 12.3. The van der Waals surface area contributed by atoms with Crippen molar-refractivity contribution in [2.75, 3.05) is 5.75 Å². The molecule has 4 atom stereocenters. The molecule has 2 aromatic heterocycles. The van der Waals surface area contributed by atoms with E-state index in [-0.39, 0.29) is 11.6 Å². The summed E-state index contributed by atoms with van der Waals surface area (Å²) < 4.78 is 46.1. The van der Waals surface area contributed by atoms with Gasteiger partial charge in [0.05, 0.1) is 22.2 Å². The monoisotopic (exact) mass is 499 g/mol. The predicted molar refractivity (Wildman–Crippen MR) is 129 cm³/mol. The summed E-state index contributed by atoms with van der Waals surface area (Å²) in [5.74, 6) is -0.0791. The number of benzene rings is 1. The van der Waals surface area contributed by atoms with Crippen LogP contribution in [0.15, 0.2) is 70.5 Å². The zero-order chi connectivity index (χ0) is 24.1. The number of nitrogens with zero attached hydrogens (tertiary/aromatic N) is 4. The van der Waals surface area contributed by atoms with Gasteiger partial charge in [-0.2, -0.15) is 0 Å². The lowest BCUT2D eigenvalue weighted by atomic mass is 9.94. The number of sulfone groups is 1. The fourth-order valence-corrected chi connectivity index (χ4v) is 7.95. The summed E-state index contributed by atoms with van der Waals surface area (Å²) in [5, 5.41) is 6.83. The lowest BCUT2D eigenvalue weighted by molar-refractivity contribution is 0.325. The van der Waals surface area contributed by atoms with Crippen molar-refractivity contribution < 1.29 is 17.2 Å². The molecular formula is C23H22FN5O3S2. The average Bonchev–Trinajstić information content (AvgIpc) is 3.48. The van der Waals surface area contributed by atoms with Crippen LogP contribution >= 0.6 is 11.8 Å². The average molecular weight is 500 g/mol. The van der Waals surface area contributed by atoms with E-state index in [1.54, 1.807) is 25.1 Å². The third kappa shape index (κ3) is 3.54. The fraction of sp³-hybridized carbons (Fsp3) is 0.304. The van der Waals surface area contributed by atoms with Gasteiger partial charge in [-0.3, -0.25) is 9.98 Å². The maximum atomic E-state index is 15.4. The van der Waals surface area contributed by atoms with Gasteiger partial charge in [0.1, 0.15) is 12.0 Å². The molecular weight excluding hydrogens is 477 g/mol. The Morgan fingerprint density at radius 1 is 1.18 bits per heavy atom. The van der Waals surface area contributed by atoms with Gasteiger partial charge in [0, 0.05) is 16.7 Å². The van der Waals surface area contributed by atoms with Gasteiger partial charge in [0.15, 0.2) is 14.6 Å². The third-order valence-corrected chi connectivity index (χ3v) is 10.6. The van der Waals surface area contributed by atoms with Crippen LogP contribution in [0.2, 0.25) is 0 Å². The van der Waals surface area contributed by atoms with Crippen molar-refractivity contribution in [1.82, 2.24) is 15.2 Å². The van der Waals surface area contributed by atoms with Crippen molar-refractivity contribution in [3.63, 3.8) is 0 Å². The molecule has 8 nitrogen and oxygen atoms in total. The Balaban J connectivity index is 1.47. The lowest BCUT2D eigenvalue weighted by Crippen LogP contribution is -2.59. The smallest absolute Gasteiger partial charge is 0.247 e. The first kappa shape index (κ1) is 22.7. The summed E-state index contributed by atoms with van der Waals surface area (Å²) in [6.07, 6.45) is 2.84. The topological polar surface area (TPSA) is 124 Å². The number of hydrogen-bond acceptors (Lipinski definition) is 9. The van der Waals surface area contributed by atoms with Gasteiger partial charge in [0.2, 0.25) is 12.3 Å².